The average molecular weight is 369 g/mol. The van der Waals surface area contributed by atoms with Crippen molar-refractivity contribution in [1.29, 1.82) is 0 Å². The molecule has 0 fully saturated rings. The van der Waals surface area contributed by atoms with Crippen LogP contribution < -0.4 is 16.8 Å². The van der Waals surface area contributed by atoms with Gasteiger partial charge in [-0.25, -0.2) is 0 Å². The van der Waals surface area contributed by atoms with E-state index in [0.29, 0.717) is 6.54 Å². The molecule has 0 unspecified atom stereocenters. The number of amides is 1. The Kier molecular flexibility index (Phi) is 7.67. The number of nitrogens with two attached hydrogens (primary N) is 2. The van der Waals surface area contributed by atoms with E-state index in [1.807, 2.05) is 49.1 Å². The monoisotopic (exact) mass is 368 g/mol. The molecule has 2 aliphatic rings. The Bertz CT molecular complexity index is 773. The molecule has 5 nitrogen and oxygen atoms in total. The molecule has 0 bridgehead atoms. The quantitative estimate of drug-likeness (QED) is 0.624. The van der Waals surface area contributed by atoms with Gasteiger partial charge in [0.2, 0.25) is 5.91 Å². The third-order valence-electron chi connectivity index (χ3n) is 4.92. The van der Waals surface area contributed by atoms with Crippen molar-refractivity contribution < 1.29 is 4.79 Å². The highest BCUT2D eigenvalue weighted by molar-refractivity contribution is 5.74. The van der Waals surface area contributed by atoms with Crippen LogP contribution in [0.4, 0.5) is 11.4 Å². The molecule has 0 atom stereocenters. The molecule has 5 heteroatoms. The first kappa shape index (κ1) is 20.8. The number of nitrogen functional groups attached to an aromatic ring is 2. The maximum Gasteiger partial charge on any atom is 0.219 e. The second kappa shape index (κ2) is 9.97. The molecule has 5 N–H and O–H groups in total. The van der Waals surface area contributed by atoms with Gasteiger partial charge in [0.15, 0.2) is 0 Å². The van der Waals surface area contributed by atoms with Gasteiger partial charge in [-0.15, -0.1) is 0 Å². The molecule has 2 aliphatic heterocycles. The summed E-state index contributed by atoms with van der Waals surface area (Å²) in [6.45, 7) is 9.13. The topological polar surface area (TPSA) is 84.4 Å². The summed E-state index contributed by atoms with van der Waals surface area (Å²) < 4.78 is 0. The summed E-state index contributed by atoms with van der Waals surface area (Å²) >= 11 is 0. The molecule has 4 rings (SSSR count). The van der Waals surface area contributed by atoms with Gasteiger partial charge in [-0.05, 0) is 53.8 Å². The van der Waals surface area contributed by atoms with Gasteiger partial charge in [-0.3, -0.25) is 4.79 Å². The molecule has 0 saturated carbocycles. The SMILES string of the molecule is CC.CC(=O)N1CCc2c(N)cccc2C1.Nc1cccc2c1CCNC2. The summed E-state index contributed by atoms with van der Waals surface area (Å²) in [7, 11) is 0. The first-order valence-corrected chi connectivity index (χ1v) is 9.75. The van der Waals surface area contributed by atoms with E-state index in [-0.39, 0.29) is 5.91 Å². The highest BCUT2D eigenvalue weighted by atomic mass is 16.2. The smallest absolute Gasteiger partial charge is 0.219 e. The van der Waals surface area contributed by atoms with Gasteiger partial charge in [0.1, 0.15) is 0 Å². The molecule has 2 heterocycles. The second-order valence-corrected chi connectivity index (χ2v) is 6.59. The summed E-state index contributed by atoms with van der Waals surface area (Å²) in [5.74, 6) is 0.137. The fourth-order valence-electron chi connectivity index (χ4n) is 3.47. The molecule has 0 aromatic heterocycles. The normalized spacial score (nSPS) is 14.6. The van der Waals surface area contributed by atoms with Gasteiger partial charge < -0.3 is 21.7 Å². The van der Waals surface area contributed by atoms with Crippen LogP contribution in [0.5, 0.6) is 0 Å². The lowest BCUT2D eigenvalue weighted by molar-refractivity contribution is -0.129. The van der Waals surface area contributed by atoms with Crippen molar-refractivity contribution in [2.75, 3.05) is 24.6 Å². The molecule has 2 aromatic carbocycles. The second-order valence-electron chi connectivity index (χ2n) is 6.59. The van der Waals surface area contributed by atoms with Crippen molar-refractivity contribution in [3.63, 3.8) is 0 Å². The number of hydrogen-bond donors (Lipinski definition) is 3. The first-order valence-electron chi connectivity index (χ1n) is 9.75. The van der Waals surface area contributed by atoms with Crippen LogP contribution in [0.1, 0.15) is 43.0 Å². The predicted molar refractivity (Wildman–Crippen MR) is 113 cm³/mol. The van der Waals surface area contributed by atoms with Crippen molar-refractivity contribution in [1.82, 2.24) is 10.2 Å². The van der Waals surface area contributed by atoms with Crippen LogP contribution in [0, 0.1) is 0 Å². The number of carbonyl (C=O) groups excluding carboxylic acids is 1. The minimum Gasteiger partial charge on any atom is -0.398 e. The fraction of sp³-hybridized carbons (Fsp3) is 0.409. The Labute approximate surface area is 162 Å². The lowest BCUT2D eigenvalue weighted by Crippen LogP contribution is -2.34. The van der Waals surface area contributed by atoms with Crippen LogP contribution >= 0.6 is 0 Å². The Hall–Kier alpha value is -2.53. The summed E-state index contributed by atoms with van der Waals surface area (Å²) in [4.78, 5) is 13.0. The summed E-state index contributed by atoms with van der Waals surface area (Å²) in [5, 5.41) is 3.31. The van der Waals surface area contributed by atoms with Crippen LogP contribution in [0.2, 0.25) is 0 Å². The molecule has 2 aromatic rings. The summed E-state index contributed by atoms with van der Waals surface area (Å²) in [6, 6.07) is 12.0. The maximum absolute atomic E-state index is 11.2. The van der Waals surface area contributed by atoms with Crippen LogP contribution in [0.3, 0.4) is 0 Å². The van der Waals surface area contributed by atoms with Crippen molar-refractivity contribution >= 4 is 17.3 Å². The van der Waals surface area contributed by atoms with Crippen LogP contribution in [-0.4, -0.2) is 23.9 Å². The minimum absolute atomic E-state index is 0.137. The fourth-order valence-corrected chi connectivity index (χ4v) is 3.47. The van der Waals surface area contributed by atoms with E-state index in [2.05, 4.69) is 11.4 Å². The lowest BCUT2D eigenvalue weighted by Gasteiger charge is -2.28. The van der Waals surface area contributed by atoms with Crippen LogP contribution in [0.25, 0.3) is 0 Å². The zero-order valence-electron chi connectivity index (χ0n) is 16.7. The number of nitrogens with one attached hydrogen (secondary N) is 1. The zero-order valence-corrected chi connectivity index (χ0v) is 16.7. The third-order valence-corrected chi connectivity index (χ3v) is 4.92. The first-order chi connectivity index (χ1) is 13.1. The lowest BCUT2D eigenvalue weighted by atomic mass is 9.98. The zero-order chi connectivity index (χ0) is 19.8. The molecule has 0 saturated heterocycles. The molecule has 0 radical (unpaired) electrons. The van der Waals surface area contributed by atoms with Crippen LogP contribution in [-0.2, 0) is 30.7 Å². The van der Waals surface area contributed by atoms with Gasteiger partial charge in [0.05, 0.1) is 0 Å². The van der Waals surface area contributed by atoms with E-state index in [4.69, 9.17) is 11.5 Å². The van der Waals surface area contributed by atoms with E-state index in [1.54, 1.807) is 6.92 Å². The molecule has 0 spiro atoms. The van der Waals surface area contributed by atoms with Crippen molar-refractivity contribution in [2.24, 2.45) is 0 Å². The van der Waals surface area contributed by atoms with E-state index in [9.17, 15) is 4.79 Å². The minimum atomic E-state index is 0.137. The summed E-state index contributed by atoms with van der Waals surface area (Å²) in [5.41, 5.74) is 18.6. The van der Waals surface area contributed by atoms with Gasteiger partial charge in [0.25, 0.3) is 0 Å². The standard InChI is InChI=1S/C11H14N2O.C9H12N2.C2H6/c1-8(14)13-6-5-10-9(7-13)3-2-4-11(10)12;10-9-3-1-2-7-6-11-5-4-8(7)9;1-2/h2-4H,5-7,12H2,1H3;1-3,11H,4-6,10H2;1-2H3. The van der Waals surface area contributed by atoms with E-state index in [0.717, 1.165) is 43.9 Å². The molecule has 146 valence electrons. The third kappa shape index (κ3) is 5.23. The Morgan fingerprint density at radius 3 is 2.15 bits per heavy atom. The Morgan fingerprint density at radius 2 is 1.56 bits per heavy atom. The number of carbonyl (C=O) groups is 1. The number of anilines is 2. The number of hydrogen-bond acceptors (Lipinski definition) is 4. The van der Waals surface area contributed by atoms with Gasteiger partial charge in [0, 0.05) is 37.9 Å². The molecule has 27 heavy (non-hydrogen) atoms. The van der Waals surface area contributed by atoms with Crippen LogP contribution in [0.15, 0.2) is 36.4 Å². The Morgan fingerprint density at radius 1 is 0.963 bits per heavy atom. The highest BCUT2D eigenvalue weighted by Crippen LogP contribution is 2.23. The van der Waals surface area contributed by atoms with Crippen molar-refractivity contribution in [2.45, 2.75) is 46.7 Å². The number of fused-ring (bicyclic) bond motifs is 2. The molecule has 1 amide bonds. The highest BCUT2D eigenvalue weighted by Gasteiger charge is 2.18. The van der Waals surface area contributed by atoms with E-state index in [1.165, 1.54) is 22.3 Å². The van der Waals surface area contributed by atoms with Crippen molar-refractivity contribution in [3.05, 3.63) is 58.7 Å². The summed E-state index contributed by atoms with van der Waals surface area (Å²) in [6.07, 6.45) is 1.95. The van der Waals surface area contributed by atoms with E-state index < -0.39 is 0 Å². The van der Waals surface area contributed by atoms with Gasteiger partial charge in [-0.2, -0.15) is 0 Å². The largest absolute Gasteiger partial charge is 0.398 e. The predicted octanol–water partition coefficient (Wildman–Crippen LogP) is 3.11. The van der Waals surface area contributed by atoms with Gasteiger partial charge >= 0.3 is 0 Å². The number of nitrogens with zero attached hydrogens (tertiary/aromatic N) is 1. The van der Waals surface area contributed by atoms with E-state index >= 15 is 0 Å². The average Bonchev–Trinajstić information content (AvgIpc) is 2.70. The molecular formula is C22H32N4O. The molecular weight excluding hydrogens is 336 g/mol. The Balaban J connectivity index is 0.000000181. The maximum atomic E-state index is 11.2. The number of benzene rings is 2. The van der Waals surface area contributed by atoms with Gasteiger partial charge in [-0.1, -0.05) is 38.1 Å². The van der Waals surface area contributed by atoms with Crippen molar-refractivity contribution in [3.8, 4) is 0 Å². The number of rotatable bonds is 0. The molecule has 0 aliphatic carbocycles.